The Morgan fingerprint density at radius 2 is 1.82 bits per heavy atom. The summed E-state index contributed by atoms with van der Waals surface area (Å²) in [4.78, 5) is 39.1. The Balaban J connectivity index is 1.93. The molecule has 2 aromatic carbocycles. The number of thiophene rings is 1. The van der Waals surface area contributed by atoms with E-state index in [1.165, 1.54) is 55.6 Å². The predicted octanol–water partition coefficient (Wildman–Crippen LogP) is 3.29. The number of nitrogens with one attached hydrogen (secondary N) is 1. The van der Waals surface area contributed by atoms with Crippen LogP contribution in [0.25, 0.3) is 16.6 Å². The van der Waals surface area contributed by atoms with Gasteiger partial charge in [-0.3, -0.25) is 4.79 Å². The van der Waals surface area contributed by atoms with Crippen LogP contribution in [0, 0.1) is 5.82 Å². The number of fused-ring (bicyclic) bond motifs is 1. The molecular formula is C22H17FN2O6S2. The molecule has 0 atom stereocenters. The topological polar surface area (TPSA) is 126 Å². The van der Waals surface area contributed by atoms with E-state index in [0.29, 0.717) is 4.57 Å². The predicted molar refractivity (Wildman–Crippen MR) is 122 cm³/mol. The van der Waals surface area contributed by atoms with Crippen molar-refractivity contribution < 1.29 is 22.7 Å². The van der Waals surface area contributed by atoms with Gasteiger partial charge in [0.05, 0.1) is 26.2 Å². The molecular weight excluding hydrogens is 471 g/mol. The van der Waals surface area contributed by atoms with E-state index < -0.39 is 37.6 Å². The normalized spacial score (nSPS) is 12.2. The molecule has 2 N–H and O–H groups in total. The zero-order valence-corrected chi connectivity index (χ0v) is 19.0. The molecule has 2 aromatic heterocycles. The Hall–Kier alpha value is -3.57. The van der Waals surface area contributed by atoms with E-state index in [0.717, 1.165) is 23.5 Å². The quantitative estimate of drug-likeness (QED) is 0.444. The van der Waals surface area contributed by atoms with Crippen LogP contribution in [0.15, 0.2) is 68.4 Å². The number of aromatic nitrogens is 2. The van der Waals surface area contributed by atoms with E-state index in [4.69, 9.17) is 0 Å². The van der Waals surface area contributed by atoms with Gasteiger partial charge in [0.1, 0.15) is 10.7 Å². The van der Waals surface area contributed by atoms with Crippen molar-refractivity contribution in [3.8, 4) is 5.69 Å². The van der Waals surface area contributed by atoms with Crippen molar-refractivity contribution in [3.63, 3.8) is 0 Å². The van der Waals surface area contributed by atoms with E-state index in [-0.39, 0.29) is 31.9 Å². The molecule has 0 saturated heterocycles. The van der Waals surface area contributed by atoms with Crippen molar-refractivity contribution in [1.82, 2.24) is 9.55 Å². The second-order valence-corrected chi connectivity index (χ2v) is 11.1. The summed E-state index contributed by atoms with van der Waals surface area (Å²) in [7, 11) is -4.18. The Labute approximate surface area is 190 Å². The summed E-state index contributed by atoms with van der Waals surface area (Å²) in [5.74, 6) is -2.01. The molecule has 0 amide bonds. The number of aromatic carboxylic acids is 1. The van der Waals surface area contributed by atoms with Crippen LogP contribution < -0.4 is 11.2 Å². The number of carboxylic acids is 1. The first-order chi connectivity index (χ1) is 15.5. The van der Waals surface area contributed by atoms with Crippen LogP contribution >= 0.6 is 11.3 Å². The van der Waals surface area contributed by atoms with Gasteiger partial charge in [0.2, 0.25) is 0 Å². The van der Waals surface area contributed by atoms with E-state index >= 15 is 0 Å². The molecule has 0 radical (unpaired) electrons. The van der Waals surface area contributed by atoms with Crippen LogP contribution in [0.3, 0.4) is 0 Å². The fraction of sp³-hybridized carbons (Fsp3) is 0.136. The SMILES string of the molecule is CC(C)(c1ccccc1F)S(=O)(=O)c1cccc(-n2c(=O)[nH]c3csc(C(=O)O)c3c2=O)c1. The van der Waals surface area contributed by atoms with Crippen molar-refractivity contribution in [1.29, 1.82) is 0 Å². The summed E-state index contributed by atoms with van der Waals surface area (Å²) in [5.41, 5.74) is -1.78. The number of carbonyl (C=O) groups is 1. The lowest BCUT2D eigenvalue weighted by atomic mass is 10.0. The third-order valence-electron chi connectivity index (χ3n) is 5.43. The number of benzene rings is 2. The minimum atomic E-state index is -4.18. The third-order valence-corrected chi connectivity index (χ3v) is 8.83. The third kappa shape index (κ3) is 3.49. The summed E-state index contributed by atoms with van der Waals surface area (Å²) in [6.07, 6.45) is 0. The maximum Gasteiger partial charge on any atom is 0.346 e. The molecule has 4 aromatic rings. The molecule has 0 aliphatic rings. The first kappa shape index (κ1) is 22.6. The highest BCUT2D eigenvalue weighted by molar-refractivity contribution is 7.92. The molecule has 4 rings (SSSR count). The molecule has 0 fully saturated rings. The number of sulfone groups is 1. The molecule has 2 heterocycles. The maximum absolute atomic E-state index is 14.4. The summed E-state index contributed by atoms with van der Waals surface area (Å²) < 4.78 is 40.3. The van der Waals surface area contributed by atoms with E-state index in [2.05, 4.69) is 4.98 Å². The van der Waals surface area contributed by atoms with Crippen molar-refractivity contribution in [3.05, 3.63) is 91.0 Å². The van der Waals surface area contributed by atoms with Crippen LogP contribution in [0.1, 0.15) is 29.1 Å². The van der Waals surface area contributed by atoms with Gasteiger partial charge in [-0.25, -0.2) is 27.0 Å². The molecule has 0 unspecified atom stereocenters. The van der Waals surface area contributed by atoms with Crippen LogP contribution in [-0.2, 0) is 14.6 Å². The lowest BCUT2D eigenvalue weighted by Crippen LogP contribution is -2.34. The highest BCUT2D eigenvalue weighted by atomic mass is 32.2. The largest absolute Gasteiger partial charge is 0.477 e. The summed E-state index contributed by atoms with van der Waals surface area (Å²) in [5, 5.41) is 10.5. The van der Waals surface area contributed by atoms with Gasteiger partial charge in [-0.15, -0.1) is 11.3 Å². The van der Waals surface area contributed by atoms with Crippen LogP contribution in [-0.4, -0.2) is 29.0 Å². The van der Waals surface area contributed by atoms with Crippen LogP contribution in [0.2, 0.25) is 0 Å². The highest BCUT2D eigenvalue weighted by Crippen LogP contribution is 2.36. The zero-order valence-electron chi connectivity index (χ0n) is 17.3. The lowest BCUT2D eigenvalue weighted by molar-refractivity contribution is 0.0704. The lowest BCUT2D eigenvalue weighted by Gasteiger charge is -2.26. The van der Waals surface area contributed by atoms with Gasteiger partial charge in [-0.1, -0.05) is 24.3 Å². The average molecular weight is 489 g/mol. The number of nitrogens with zero attached hydrogens (tertiary/aromatic N) is 1. The second kappa shape index (κ2) is 7.78. The monoisotopic (exact) mass is 488 g/mol. The summed E-state index contributed by atoms with van der Waals surface area (Å²) >= 11 is 0.793. The van der Waals surface area contributed by atoms with Crippen molar-refractivity contribution in [2.75, 3.05) is 0 Å². The molecule has 0 bridgehead atoms. The first-order valence-corrected chi connectivity index (χ1v) is 11.9. The number of rotatable bonds is 5. The van der Waals surface area contributed by atoms with Gasteiger partial charge in [0, 0.05) is 10.9 Å². The maximum atomic E-state index is 14.4. The fourth-order valence-electron chi connectivity index (χ4n) is 3.61. The standard InChI is InChI=1S/C22H17FN2O6S2/c1-22(2,14-8-3-4-9-15(14)23)33(30,31)13-7-5-6-12(10-13)25-19(26)17-16(24-21(25)29)11-32-18(17)20(27)28/h3-11H,1-2H3,(H,24,29)(H,27,28). The number of aromatic amines is 1. The zero-order chi connectivity index (χ0) is 24.1. The van der Waals surface area contributed by atoms with Crippen LogP contribution in [0.5, 0.6) is 0 Å². The van der Waals surface area contributed by atoms with E-state index in [1.807, 2.05) is 0 Å². The summed E-state index contributed by atoms with van der Waals surface area (Å²) in [6, 6.07) is 10.6. The molecule has 0 spiro atoms. The van der Waals surface area contributed by atoms with E-state index in [9.17, 15) is 32.3 Å². The Bertz CT molecular complexity index is 1650. The first-order valence-electron chi connectivity index (χ1n) is 9.56. The minimum Gasteiger partial charge on any atom is -0.477 e. The van der Waals surface area contributed by atoms with Gasteiger partial charge in [0.15, 0.2) is 9.84 Å². The minimum absolute atomic E-state index is 0.0313. The molecule has 170 valence electrons. The Morgan fingerprint density at radius 1 is 1.12 bits per heavy atom. The Morgan fingerprint density at radius 3 is 2.48 bits per heavy atom. The second-order valence-electron chi connectivity index (χ2n) is 7.72. The van der Waals surface area contributed by atoms with Gasteiger partial charge in [0.25, 0.3) is 5.56 Å². The number of hydrogen-bond donors (Lipinski definition) is 2. The van der Waals surface area contributed by atoms with E-state index in [1.54, 1.807) is 0 Å². The number of carboxylic acid groups (broad SMARTS) is 1. The fourth-order valence-corrected chi connectivity index (χ4v) is 6.01. The van der Waals surface area contributed by atoms with Crippen LogP contribution in [0.4, 0.5) is 4.39 Å². The Kier molecular flexibility index (Phi) is 5.33. The molecule has 33 heavy (non-hydrogen) atoms. The number of halogens is 1. The molecule has 0 aliphatic carbocycles. The van der Waals surface area contributed by atoms with Crippen molar-refractivity contribution in [2.45, 2.75) is 23.5 Å². The van der Waals surface area contributed by atoms with Gasteiger partial charge in [-0.05, 0) is 38.1 Å². The molecule has 0 aliphatic heterocycles. The average Bonchev–Trinajstić information content (AvgIpc) is 3.18. The molecule has 0 saturated carbocycles. The highest BCUT2D eigenvalue weighted by Gasteiger charge is 2.39. The van der Waals surface area contributed by atoms with Gasteiger partial charge >= 0.3 is 11.7 Å². The van der Waals surface area contributed by atoms with Gasteiger partial charge < -0.3 is 10.1 Å². The summed E-state index contributed by atoms with van der Waals surface area (Å²) in [6.45, 7) is 2.73. The van der Waals surface area contributed by atoms with Crippen molar-refractivity contribution in [2.24, 2.45) is 0 Å². The molecule has 11 heteroatoms. The number of H-pyrrole nitrogens is 1. The van der Waals surface area contributed by atoms with Crippen molar-refractivity contribution >= 4 is 38.0 Å². The molecule has 8 nitrogen and oxygen atoms in total. The number of hydrogen-bond acceptors (Lipinski definition) is 6. The smallest absolute Gasteiger partial charge is 0.346 e. The van der Waals surface area contributed by atoms with Gasteiger partial charge in [-0.2, -0.15) is 0 Å².